The van der Waals surface area contributed by atoms with Crippen LogP contribution in [0.5, 0.6) is 0 Å². The third kappa shape index (κ3) is 3.84. The van der Waals surface area contributed by atoms with Crippen LogP contribution in [0.15, 0.2) is 18.2 Å². The first-order chi connectivity index (χ1) is 8.45. The Labute approximate surface area is 113 Å². The van der Waals surface area contributed by atoms with Crippen LogP contribution >= 0.6 is 11.8 Å². The molecule has 0 aromatic heterocycles. The van der Waals surface area contributed by atoms with Crippen LogP contribution < -0.4 is 11.5 Å². The van der Waals surface area contributed by atoms with Crippen LogP contribution in [0.4, 0.5) is 11.4 Å². The summed E-state index contributed by atoms with van der Waals surface area (Å²) >= 11 is 1.78. The quantitative estimate of drug-likeness (QED) is 0.801. The number of benzene rings is 1. The van der Waals surface area contributed by atoms with Crippen molar-refractivity contribution >= 4 is 29.0 Å². The van der Waals surface area contributed by atoms with Gasteiger partial charge in [0.25, 0.3) is 5.91 Å². The molecule has 1 aromatic carbocycles. The Morgan fingerprint density at radius 3 is 2.39 bits per heavy atom. The fourth-order valence-electron chi connectivity index (χ4n) is 1.69. The van der Waals surface area contributed by atoms with Gasteiger partial charge in [-0.25, -0.2) is 0 Å². The number of carbonyl (C=O) groups excluding carboxylic acids is 1. The zero-order valence-electron chi connectivity index (χ0n) is 11.1. The SMILES string of the molecule is CSCCC(C)N(C)C(=O)c1cc(N)cc(N)c1. The topological polar surface area (TPSA) is 72.3 Å². The summed E-state index contributed by atoms with van der Waals surface area (Å²) in [5.74, 6) is 1.00. The summed E-state index contributed by atoms with van der Waals surface area (Å²) in [7, 11) is 1.81. The highest BCUT2D eigenvalue weighted by Crippen LogP contribution is 2.17. The second-order valence-corrected chi connectivity index (χ2v) is 5.42. The van der Waals surface area contributed by atoms with Gasteiger partial charge >= 0.3 is 0 Å². The molecular formula is C13H21N3OS. The highest BCUT2D eigenvalue weighted by molar-refractivity contribution is 7.98. The molecule has 100 valence electrons. The van der Waals surface area contributed by atoms with Crippen LogP contribution in [-0.2, 0) is 0 Å². The van der Waals surface area contributed by atoms with Crippen molar-refractivity contribution in [2.75, 3.05) is 30.5 Å². The predicted molar refractivity (Wildman–Crippen MR) is 79.8 cm³/mol. The highest BCUT2D eigenvalue weighted by atomic mass is 32.2. The molecule has 4 nitrogen and oxygen atoms in total. The van der Waals surface area contributed by atoms with Gasteiger partial charge in [-0.2, -0.15) is 11.8 Å². The number of amides is 1. The van der Waals surface area contributed by atoms with E-state index in [9.17, 15) is 4.79 Å². The van der Waals surface area contributed by atoms with E-state index in [1.165, 1.54) is 0 Å². The molecule has 1 rings (SSSR count). The van der Waals surface area contributed by atoms with E-state index in [1.807, 2.05) is 14.0 Å². The Bertz CT molecular complexity index is 402. The van der Waals surface area contributed by atoms with E-state index in [2.05, 4.69) is 6.26 Å². The van der Waals surface area contributed by atoms with Gasteiger partial charge in [-0.3, -0.25) is 4.79 Å². The van der Waals surface area contributed by atoms with Crippen LogP contribution in [0.3, 0.4) is 0 Å². The summed E-state index contributed by atoms with van der Waals surface area (Å²) in [6, 6.07) is 5.17. The van der Waals surface area contributed by atoms with E-state index in [0.29, 0.717) is 16.9 Å². The van der Waals surface area contributed by atoms with Crippen molar-refractivity contribution in [2.24, 2.45) is 0 Å². The lowest BCUT2D eigenvalue weighted by atomic mass is 10.1. The van der Waals surface area contributed by atoms with Crippen LogP contribution in [0.25, 0.3) is 0 Å². The van der Waals surface area contributed by atoms with E-state index in [4.69, 9.17) is 11.5 Å². The normalized spacial score (nSPS) is 12.2. The van der Waals surface area contributed by atoms with E-state index >= 15 is 0 Å². The van der Waals surface area contributed by atoms with Gasteiger partial charge in [-0.15, -0.1) is 0 Å². The number of carbonyl (C=O) groups is 1. The largest absolute Gasteiger partial charge is 0.399 e. The van der Waals surface area contributed by atoms with Gasteiger partial charge in [0.05, 0.1) is 0 Å². The zero-order valence-corrected chi connectivity index (χ0v) is 12.0. The van der Waals surface area contributed by atoms with E-state index in [0.717, 1.165) is 12.2 Å². The lowest BCUT2D eigenvalue weighted by Gasteiger charge is -2.25. The molecule has 0 aliphatic heterocycles. The minimum Gasteiger partial charge on any atom is -0.399 e. The minimum atomic E-state index is -0.0393. The standard InChI is InChI=1S/C13H21N3OS/c1-9(4-5-18-3)16(2)13(17)10-6-11(14)8-12(15)7-10/h6-9H,4-5,14-15H2,1-3H3. The van der Waals surface area contributed by atoms with Gasteiger partial charge in [0, 0.05) is 30.0 Å². The summed E-state index contributed by atoms with van der Waals surface area (Å²) < 4.78 is 0. The molecule has 0 saturated carbocycles. The summed E-state index contributed by atoms with van der Waals surface area (Å²) in [6.45, 7) is 2.05. The molecule has 1 amide bonds. The molecule has 5 heteroatoms. The number of nitrogens with zero attached hydrogens (tertiary/aromatic N) is 1. The van der Waals surface area contributed by atoms with Gasteiger partial charge in [0.2, 0.25) is 0 Å². The van der Waals surface area contributed by atoms with Gasteiger partial charge in [-0.1, -0.05) is 0 Å². The molecule has 0 saturated heterocycles. The maximum atomic E-state index is 12.3. The molecule has 1 atom stereocenters. The van der Waals surface area contributed by atoms with E-state index < -0.39 is 0 Å². The van der Waals surface area contributed by atoms with E-state index in [1.54, 1.807) is 34.9 Å². The number of nitrogens with two attached hydrogens (primary N) is 2. The molecule has 1 unspecified atom stereocenters. The Morgan fingerprint density at radius 2 is 1.89 bits per heavy atom. The highest BCUT2D eigenvalue weighted by Gasteiger charge is 2.17. The molecule has 4 N–H and O–H groups in total. The molecule has 0 aliphatic rings. The molecule has 0 fully saturated rings. The van der Waals surface area contributed by atoms with Gasteiger partial charge in [0.1, 0.15) is 0 Å². The second-order valence-electron chi connectivity index (χ2n) is 4.43. The first kappa shape index (κ1) is 14.7. The van der Waals surface area contributed by atoms with Crippen LogP contribution in [0, 0.1) is 0 Å². The van der Waals surface area contributed by atoms with Crippen molar-refractivity contribution in [1.82, 2.24) is 4.90 Å². The Balaban J connectivity index is 2.79. The average molecular weight is 267 g/mol. The molecule has 0 bridgehead atoms. The van der Waals surface area contributed by atoms with Crippen molar-refractivity contribution < 1.29 is 4.79 Å². The first-order valence-electron chi connectivity index (χ1n) is 5.88. The first-order valence-corrected chi connectivity index (χ1v) is 7.27. The summed E-state index contributed by atoms with van der Waals surface area (Å²) in [5, 5.41) is 0. The van der Waals surface area contributed by atoms with Crippen molar-refractivity contribution in [1.29, 1.82) is 0 Å². The lowest BCUT2D eigenvalue weighted by Crippen LogP contribution is -2.35. The monoisotopic (exact) mass is 267 g/mol. The van der Waals surface area contributed by atoms with Crippen molar-refractivity contribution in [3.05, 3.63) is 23.8 Å². The predicted octanol–water partition coefficient (Wildman–Crippen LogP) is 2.06. The maximum absolute atomic E-state index is 12.3. The van der Waals surface area contributed by atoms with Crippen molar-refractivity contribution in [3.63, 3.8) is 0 Å². The van der Waals surface area contributed by atoms with Crippen LogP contribution in [-0.4, -0.2) is 35.9 Å². The summed E-state index contributed by atoms with van der Waals surface area (Å²) in [5.41, 5.74) is 13.0. The number of nitrogen functional groups attached to an aromatic ring is 2. The molecule has 1 aromatic rings. The fraction of sp³-hybridized carbons (Fsp3) is 0.462. The minimum absolute atomic E-state index is 0.0393. The molecular weight excluding hydrogens is 246 g/mol. The second kappa shape index (κ2) is 6.54. The Hall–Kier alpha value is -1.36. The number of rotatable bonds is 5. The fourth-order valence-corrected chi connectivity index (χ4v) is 2.26. The molecule has 0 aliphatic carbocycles. The van der Waals surface area contributed by atoms with Gasteiger partial charge < -0.3 is 16.4 Å². The lowest BCUT2D eigenvalue weighted by molar-refractivity contribution is 0.0741. The Morgan fingerprint density at radius 1 is 1.33 bits per heavy atom. The smallest absolute Gasteiger partial charge is 0.253 e. The number of thioether (sulfide) groups is 1. The van der Waals surface area contributed by atoms with Crippen LogP contribution in [0.2, 0.25) is 0 Å². The molecule has 0 radical (unpaired) electrons. The number of hydrogen-bond acceptors (Lipinski definition) is 4. The maximum Gasteiger partial charge on any atom is 0.253 e. The number of anilines is 2. The summed E-state index contributed by atoms with van der Waals surface area (Å²) in [4.78, 5) is 14.0. The van der Waals surface area contributed by atoms with Crippen molar-refractivity contribution in [3.8, 4) is 0 Å². The molecule has 18 heavy (non-hydrogen) atoms. The van der Waals surface area contributed by atoms with E-state index in [-0.39, 0.29) is 11.9 Å². The Kier molecular flexibility index (Phi) is 5.34. The average Bonchev–Trinajstić information content (AvgIpc) is 2.32. The molecule has 0 spiro atoms. The van der Waals surface area contributed by atoms with Gasteiger partial charge in [-0.05, 0) is 43.6 Å². The number of hydrogen-bond donors (Lipinski definition) is 2. The third-order valence-electron chi connectivity index (χ3n) is 2.95. The summed E-state index contributed by atoms with van der Waals surface area (Å²) in [6.07, 6.45) is 3.04. The van der Waals surface area contributed by atoms with Crippen molar-refractivity contribution in [2.45, 2.75) is 19.4 Å². The molecule has 0 heterocycles. The van der Waals surface area contributed by atoms with Crippen LogP contribution in [0.1, 0.15) is 23.7 Å². The third-order valence-corrected chi connectivity index (χ3v) is 3.59. The van der Waals surface area contributed by atoms with Gasteiger partial charge in [0.15, 0.2) is 0 Å². The zero-order chi connectivity index (χ0) is 13.7.